The van der Waals surface area contributed by atoms with Gasteiger partial charge in [0.05, 0.1) is 25.7 Å². The average molecular weight is 409 g/mol. The molecule has 2 aliphatic rings. The van der Waals surface area contributed by atoms with Gasteiger partial charge in [0.1, 0.15) is 22.0 Å². The number of carbonyl (C=O) groups is 1. The Hall–Kier alpha value is -1.71. The molecule has 4 heterocycles. The monoisotopic (exact) mass is 408 g/mol. The van der Waals surface area contributed by atoms with Crippen molar-refractivity contribution in [2.45, 2.75) is 32.0 Å². The number of amides is 1. The Bertz CT molecular complexity index is 822. The van der Waals surface area contributed by atoms with Crippen LogP contribution < -0.4 is 5.73 Å². The molecule has 0 unspecified atom stereocenters. The van der Waals surface area contributed by atoms with E-state index >= 15 is 0 Å². The normalized spacial score (nSPS) is 25.0. The molecule has 2 saturated heterocycles. The lowest BCUT2D eigenvalue weighted by atomic mass is 10.1. The third-order valence-electron chi connectivity index (χ3n) is 4.98. The average Bonchev–Trinajstić information content (AvgIpc) is 2.92. The van der Waals surface area contributed by atoms with Crippen LogP contribution in [0.2, 0.25) is 0 Å². The molecule has 0 saturated carbocycles. The van der Waals surface area contributed by atoms with Crippen molar-refractivity contribution in [2.24, 2.45) is 0 Å². The number of imidazole rings is 1. The van der Waals surface area contributed by atoms with Gasteiger partial charge in [-0.15, -0.1) is 0 Å². The van der Waals surface area contributed by atoms with Gasteiger partial charge < -0.3 is 15.4 Å². The molecule has 25 heavy (non-hydrogen) atoms. The van der Waals surface area contributed by atoms with E-state index in [1.165, 1.54) is 0 Å². The number of hydrogen-bond donors (Lipinski definition) is 1. The highest BCUT2D eigenvalue weighted by Crippen LogP contribution is 2.31. The summed E-state index contributed by atoms with van der Waals surface area (Å²) in [6, 6.07) is 0.452. The maximum absolute atomic E-state index is 12.6. The van der Waals surface area contributed by atoms with Gasteiger partial charge in [0.25, 0.3) is 0 Å². The highest BCUT2D eigenvalue weighted by molar-refractivity contribution is 9.10. The van der Waals surface area contributed by atoms with E-state index < -0.39 is 0 Å². The number of aromatic nitrogens is 3. The number of ether oxygens (including phenoxy) is 1. The van der Waals surface area contributed by atoms with Gasteiger partial charge in [-0.25, -0.2) is 9.97 Å². The van der Waals surface area contributed by atoms with E-state index in [0.717, 1.165) is 17.9 Å². The number of anilines is 1. The molecular formula is C16H21BrN6O2. The van der Waals surface area contributed by atoms with E-state index in [2.05, 4.69) is 44.6 Å². The summed E-state index contributed by atoms with van der Waals surface area (Å²) in [5.74, 6) is 1.29. The Morgan fingerprint density at radius 1 is 1.40 bits per heavy atom. The molecule has 1 amide bonds. The molecule has 2 atom stereocenters. The van der Waals surface area contributed by atoms with E-state index in [1.54, 1.807) is 6.20 Å². The number of carbonyl (C=O) groups excluding carboxylic acids is 1. The number of nitrogens with two attached hydrogens (primary N) is 1. The number of piperazine rings is 1. The van der Waals surface area contributed by atoms with Crippen molar-refractivity contribution in [1.82, 2.24) is 24.2 Å². The summed E-state index contributed by atoms with van der Waals surface area (Å²) in [5.41, 5.74) is 6.68. The fourth-order valence-electron chi connectivity index (χ4n) is 3.57. The Labute approximate surface area is 154 Å². The predicted octanol–water partition coefficient (Wildman–Crippen LogP) is 1.07. The Balaban J connectivity index is 1.61. The van der Waals surface area contributed by atoms with Crippen molar-refractivity contribution >= 4 is 33.2 Å². The Kier molecular flexibility index (Phi) is 4.17. The number of morpholine rings is 1. The summed E-state index contributed by atoms with van der Waals surface area (Å²) in [7, 11) is 0. The third-order valence-corrected chi connectivity index (χ3v) is 5.54. The highest BCUT2D eigenvalue weighted by Gasteiger charge is 2.40. The first-order chi connectivity index (χ1) is 12.0. The van der Waals surface area contributed by atoms with Gasteiger partial charge >= 0.3 is 0 Å². The van der Waals surface area contributed by atoms with Crippen molar-refractivity contribution < 1.29 is 9.53 Å². The SMILES string of the molecule is CC(C)N1CC(=O)N2C[C@H](c3nc(Br)c4c(N)nccn34)OC[C@H]2C1. The summed E-state index contributed by atoms with van der Waals surface area (Å²) in [6.45, 7) is 6.54. The third kappa shape index (κ3) is 2.80. The van der Waals surface area contributed by atoms with Crippen molar-refractivity contribution in [2.75, 3.05) is 32.0 Å². The van der Waals surface area contributed by atoms with Crippen LogP contribution in [0, 0.1) is 0 Å². The van der Waals surface area contributed by atoms with E-state index in [-0.39, 0.29) is 18.1 Å². The molecule has 0 aliphatic carbocycles. The van der Waals surface area contributed by atoms with E-state index in [9.17, 15) is 4.79 Å². The molecular weight excluding hydrogens is 388 g/mol. The minimum absolute atomic E-state index is 0.0984. The van der Waals surface area contributed by atoms with Gasteiger partial charge in [0.2, 0.25) is 5.91 Å². The van der Waals surface area contributed by atoms with Crippen LogP contribution in [0.4, 0.5) is 5.82 Å². The van der Waals surface area contributed by atoms with E-state index in [0.29, 0.717) is 36.2 Å². The molecule has 2 N–H and O–H groups in total. The molecule has 0 aromatic carbocycles. The summed E-state index contributed by atoms with van der Waals surface area (Å²) in [5, 5.41) is 0. The second-order valence-electron chi connectivity index (χ2n) is 6.84. The minimum atomic E-state index is -0.286. The molecule has 2 fully saturated rings. The Morgan fingerprint density at radius 3 is 2.96 bits per heavy atom. The van der Waals surface area contributed by atoms with Crippen molar-refractivity contribution in [1.29, 1.82) is 0 Å². The van der Waals surface area contributed by atoms with Crippen molar-refractivity contribution in [3.8, 4) is 0 Å². The summed E-state index contributed by atoms with van der Waals surface area (Å²) in [4.78, 5) is 25.4. The van der Waals surface area contributed by atoms with Gasteiger partial charge in [0.15, 0.2) is 5.82 Å². The summed E-state index contributed by atoms with van der Waals surface area (Å²) < 4.78 is 8.60. The quantitative estimate of drug-likeness (QED) is 0.798. The molecule has 0 radical (unpaired) electrons. The molecule has 9 heteroatoms. The van der Waals surface area contributed by atoms with Crippen LogP contribution in [0.15, 0.2) is 17.0 Å². The molecule has 8 nitrogen and oxygen atoms in total. The number of halogens is 1. The fourth-order valence-corrected chi connectivity index (χ4v) is 4.15. The standard InChI is InChI=1S/C16H21BrN6O2/c1-9(2)21-5-10-8-25-11(6-23(10)12(24)7-21)16-20-14(17)13-15(18)19-3-4-22(13)16/h3-4,9-11H,5-8H2,1-2H3,(H2,18,19)/t10-,11-/m1/s1. The second-order valence-corrected chi connectivity index (χ2v) is 7.59. The van der Waals surface area contributed by atoms with Gasteiger partial charge in [0, 0.05) is 25.0 Å². The minimum Gasteiger partial charge on any atom is -0.382 e. The van der Waals surface area contributed by atoms with Crippen LogP contribution >= 0.6 is 15.9 Å². The van der Waals surface area contributed by atoms with Gasteiger partial charge in [-0.05, 0) is 29.8 Å². The highest BCUT2D eigenvalue weighted by atomic mass is 79.9. The number of nitrogens with zero attached hydrogens (tertiary/aromatic N) is 5. The maximum atomic E-state index is 12.6. The first kappa shape index (κ1) is 16.7. The van der Waals surface area contributed by atoms with E-state index in [1.807, 2.05) is 15.5 Å². The van der Waals surface area contributed by atoms with Crippen molar-refractivity contribution in [3.63, 3.8) is 0 Å². The van der Waals surface area contributed by atoms with Crippen LogP contribution in [-0.2, 0) is 9.53 Å². The number of rotatable bonds is 2. The number of fused-ring (bicyclic) bond motifs is 2. The lowest BCUT2D eigenvalue weighted by Crippen LogP contribution is -2.62. The lowest BCUT2D eigenvalue weighted by Gasteiger charge is -2.46. The van der Waals surface area contributed by atoms with Crippen LogP contribution in [-0.4, -0.2) is 68.4 Å². The molecule has 2 aromatic rings. The van der Waals surface area contributed by atoms with Gasteiger partial charge in [-0.1, -0.05) is 0 Å². The summed E-state index contributed by atoms with van der Waals surface area (Å²) >= 11 is 3.45. The predicted molar refractivity (Wildman–Crippen MR) is 96.0 cm³/mol. The van der Waals surface area contributed by atoms with Crippen LogP contribution in [0.25, 0.3) is 5.52 Å². The smallest absolute Gasteiger partial charge is 0.237 e. The fraction of sp³-hybridized carbons (Fsp3) is 0.562. The second kappa shape index (κ2) is 6.22. The first-order valence-corrected chi connectivity index (χ1v) is 9.18. The molecule has 0 bridgehead atoms. The lowest BCUT2D eigenvalue weighted by molar-refractivity contribution is -0.157. The zero-order valence-electron chi connectivity index (χ0n) is 14.2. The number of hydrogen-bond acceptors (Lipinski definition) is 6. The first-order valence-electron chi connectivity index (χ1n) is 8.38. The molecule has 2 aliphatic heterocycles. The van der Waals surface area contributed by atoms with Gasteiger partial charge in [-0.3, -0.25) is 14.1 Å². The van der Waals surface area contributed by atoms with E-state index in [4.69, 9.17) is 10.5 Å². The van der Waals surface area contributed by atoms with Crippen LogP contribution in [0.5, 0.6) is 0 Å². The molecule has 0 spiro atoms. The summed E-state index contributed by atoms with van der Waals surface area (Å²) in [6.07, 6.45) is 3.16. The zero-order chi connectivity index (χ0) is 17.7. The van der Waals surface area contributed by atoms with Gasteiger partial charge in [-0.2, -0.15) is 0 Å². The van der Waals surface area contributed by atoms with Crippen molar-refractivity contribution in [3.05, 3.63) is 22.8 Å². The number of nitrogen functional groups attached to an aromatic ring is 1. The maximum Gasteiger partial charge on any atom is 0.237 e. The Morgan fingerprint density at radius 2 is 2.20 bits per heavy atom. The molecule has 134 valence electrons. The molecule has 2 aromatic heterocycles. The molecule has 4 rings (SSSR count). The topological polar surface area (TPSA) is 89.0 Å². The zero-order valence-corrected chi connectivity index (χ0v) is 15.8. The van der Waals surface area contributed by atoms with Crippen LogP contribution in [0.1, 0.15) is 25.8 Å². The largest absolute Gasteiger partial charge is 0.382 e. The van der Waals surface area contributed by atoms with Crippen LogP contribution in [0.3, 0.4) is 0 Å².